The third-order valence-corrected chi connectivity index (χ3v) is 3.68. The second-order valence-electron chi connectivity index (χ2n) is 5.72. The highest BCUT2D eigenvalue weighted by atomic mass is 16.4. The number of nitrogens with one attached hydrogen (secondary N) is 2. The van der Waals surface area contributed by atoms with Crippen LogP contribution in [0, 0.1) is 6.92 Å². The molecule has 0 heterocycles. The third kappa shape index (κ3) is 4.70. The second kappa shape index (κ2) is 7.13. The van der Waals surface area contributed by atoms with Gasteiger partial charge in [0.2, 0.25) is 5.91 Å². The number of hydrogen-bond donors (Lipinski definition) is 3. The predicted octanol–water partition coefficient (Wildman–Crippen LogP) is 1.58. The molecule has 1 aliphatic rings. The van der Waals surface area contributed by atoms with Crippen molar-refractivity contribution in [2.24, 2.45) is 0 Å². The number of aliphatic carboxylic acids is 1. The number of carbonyl (C=O) groups excluding carboxylic acids is 2. The van der Waals surface area contributed by atoms with Gasteiger partial charge in [-0.25, -0.2) is 9.59 Å². The lowest BCUT2D eigenvalue weighted by Crippen LogP contribution is -2.49. The molecule has 1 saturated carbocycles. The van der Waals surface area contributed by atoms with Crippen LogP contribution in [0.2, 0.25) is 0 Å². The number of amides is 3. The zero-order valence-electron chi connectivity index (χ0n) is 13.2. The van der Waals surface area contributed by atoms with Crippen molar-refractivity contribution in [2.75, 3.05) is 11.9 Å². The van der Waals surface area contributed by atoms with Crippen LogP contribution in [0.5, 0.6) is 0 Å². The number of carboxylic acid groups (broad SMARTS) is 1. The average molecular weight is 319 g/mol. The first-order valence-corrected chi connectivity index (χ1v) is 7.54. The van der Waals surface area contributed by atoms with E-state index in [-0.39, 0.29) is 18.5 Å². The molecule has 0 bridgehead atoms. The fraction of sp³-hybridized carbons (Fsp3) is 0.438. The largest absolute Gasteiger partial charge is 0.480 e. The van der Waals surface area contributed by atoms with Gasteiger partial charge in [-0.1, -0.05) is 12.1 Å². The minimum absolute atomic E-state index is 0.0322. The van der Waals surface area contributed by atoms with Crippen LogP contribution in [-0.4, -0.2) is 46.5 Å². The molecule has 7 heteroatoms. The van der Waals surface area contributed by atoms with E-state index in [1.165, 1.54) is 11.8 Å². The fourth-order valence-corrected chi connectivity index (χ4v) is 2.35. The summed E-state index contributed by atoms with van der Waals surface area (Å²) in [5.41, 5.74) is 1.64. The second-order valence-corrected chi connectivity index (χ2v) is 5.72. The predicted molar refractivity (Wildman–Crippen MR) is 85.2 cm³/mol. The van der Waals surface area contributed by atoms with Crippen LogP contribution >= 0.6 is 0 Å². The normalized spacial score (nSPS) is 14.7. The van der Waals surface area contributed by atoms with Gasteiger partial charge in [-0.2, -0.15) is 0 Å². The summed E-state index contributed by atoms with van der Waals surface area (Å²) in [6.07, 6.45) is 1.61. The fourth-order valence-electron chi connectivity index (χ4n) is 2.35. The van der Waals surface area contributed by atoms with Crippen molar-refractivity contribution in [2.45, 2.75) is 38.8 Å². The van der Waals surface area contributed by atoms with E-state index in [2.05, 4.69) is 10.6 Å². The summed E-state index contributed by atoms with van der Waals surface area (Å²) in [5.74, 6) is -1.43. The first-order chi connectivity index (χ1) is 10.9. The number of nitrogens with zero attached hydrogens (tertiary/aromatic N) is 1. The van der Waals surface area contributed by atoms with E-state index in [1.807, 2.05) is 25.1 Å². The van der Waals surface area contributed by atoms with E-state index in [4.69, 9.17) is 5.11 Å². The number of carboxylic acids is 1. The molecule has 1 aromatic rings. The summed E-state index contributed by atoms with van der Waals surface area (Å²) in [7, 11) is 0. The maximum absolute atomic E-state index is 12.2. The molecule has 7 nitrogen and oxygen atoms in total. The zero-order valence-corrected chi connectivity index (χ0v) is 13.2. The van der Waals surface area contributed by atoms with E-state index >= 15 is 0 Å². The Bertz CT molecular complexity index is 613. The van der Waals surface area contributed by atoms with Crippen molar-refractivity contribution < 1.29 is 19.5 Å². The summed E-state index contributed by atoms with van der Waals surface area (Å²) >= 11 is 0. The topological polar surface area (TPSA) is 98.7 Å². The molecule has 1 aliphatic carbocycles. The lowest BCUT2D eigenvalue weighted by molar-refractivity contribution is -0.149. The summed E-state index contributed by atoms with van der Waals surface area (Å²) in [6, 6.07) is 5.86. The molecule has 3 N–H and O–H groups in total. The van der Waals surface area contributed by atoms with Crippen LogP contribution in [-0.2, 0) is 9.59 Å². The Morgan fingerprint density at radius 3 is 2.61 bits per heavy atom. The molecule has 1 unspecified atom stereocenters. The van der Waals surface area contributed by atoms with Crippen molar-refractivity contribution in [3.8, 4) is 0 Å². The van der Waals surface area contributed by atoms with Crippen molar-refractivity contribution >= 4 is 23.6 Å². The zero-order chi connectivity index (χ0) is 17.0. The Balaban J connectivity index is 1.87. The molecule has 23 heavy (non-hydrogen) atoms. The smallest absolute Gasteiger partial charge is 0.326 e. The van der Waals surface area contributed by atoms with Crippen LogP contribution in [0.15, 0.2) is 24.3 Å². The van der Waals surface area contributed by atoms with E-state index in [0.717, 1.165) is 18.4 Å². The molecule has 0 spiro atoms. The first-order valence-electron chi connectivity index (χ1n) is 7.54. The van der Waals surface area contributed by atoms with Gasteiger partial charge in [0.05, 0.1) is 6.54 Å². The molecule has 0 radical (unpaired) electrons. The van der Waals surface area contributed by atoms with Gasteiger partial charge in [0.25, 0.3) is 0 Å². The van der Waals surface area contributed by atoms with E-state index in [0.29, 0.717) is 5.69 Å². The summed E-state index contributed by atoms with van der Waals surface area (Å²) < 4.78 is 0. The number of benzene rings is 1. The van der Waals surface area contributed by atoms with Crippen LogP contribution < -0.4 is 10.6 Å². The highest BCUT2D eigenvalue weighted by Crippen LogP contribution is 2.28. The third-order valence-electron chi connectivity index (χ3n) is 3.68. The molecule has 3 amide bonds. The number of urea groups is 1. The Morgan fingerprint density at radius 1 is 1.35 bits per heavy atom. The van der Waals surface area contributed by atoms with Crippen LogP contribution in [0.25, 0.3) is 0 Å². The van der Waals surface area contributed by atoms with E-state index < -0.39 is 18.0 Å². The number of rotatable bonds is 6. The molecule has 0 saturated heterocycles. The van der Waals surface area contributed by atoms with Crippen molar-refractivity contribution in [1.29, 1.82) is 0 Å². The van der Waals surface area contributed by atoms with Crippen molar-refractivity contribution in [1.82, 2.24) is 10.2 Å². The number of carbonyl (C=O) groups is 3. The number of aryl methyl sites for hydroxylation is 1. The molecule has 0 aromatic heterocycles. The quantitative estimate of drug-likeness (QED) is 0.741. The SMILES string of the molecule is Cc1cccc(NC(=O)NCC(=O)N(C2CC2)C(C)C(=O)O)c1. The van der Waals surface area contributed by atoms with E-state index in [9.17, 15) is 14.4 Å². The minimum atomic E-state index is -1.05. The van der Waals surface area contributed by atoms with E-state index in [1.54, 1.807) is 6.07 Å². The van der Waals surface area contributed by atoms with Gasteiger partial charge < -0.3 is 20.6 Å². The monoisotopic (exact) mass is 319 g/mol. The average Bonchev–Trinajstić information content (AvgIpc) is 3.30. The molecule has 124 valence electrons. The van der Waals surface area contributed by atoms with Crippen molar-refractivity contribution in [3.05, 3.63) is 29.8 Å². The summed E-state index contributed by atoms with van der Waals surface area (Å²) in [5, 5.41) is 14.2. The van der Waals surface area contributed by atoms with Gasteiger partial charge in [-0.3, -0.25) is 4.79 Å². The molecule has 0 aliphatic heterocycles. The molecule has 1 atom stereocenters. The van der Waals surface area contributed by atoms with Crippen LogP contribution in [0.4, 0.5) is 10.5 Å². The van der Waals surface area contributed by atoms with Gasteiger partial charge in [0.1, 0.15) is 6.04 Å². The van der Waals surface area contributed by atoms with Gasteiger partial charge in [-0.15, -0.1) is 0 Å². The lowest BCUT2D eigenvalue weighted by atomic mass is 10.2. The highest BCUT2D eigenvalue weighted by molar-refractivity contribution is 5.93. The summed E-state index contributed by atoms with van der Waals surface area (Å²) in [4.78, 5) is 36.5. The molecular formula is C16H21N3O4. The van der Waals surface area contributed by atoms with Crippen LogP contribution in [0.3, 0.4) is 0 Å². The van der Waals surface area contributed by atoms with Gasteiger partial charge in [-0.05, 0) is 44.4 Å². The number of anilines is 1. The maximum atomic E-state index is 12.2. The van der Waals surface area contributed by atoms with Crippen LogP contribution in [0.1, 0.15) is 25.3 Å². The molecule has 1 fully saturated rings. The van der Waals surface area contributed by atoms with Gasteiger partial charge in [0.15, 0.2) is 0 Å². The first kappa shape index (κ1) is 16.8. The Labute approximate surface area is 134 Å². The Kier molecular flexibility index (Phi) is 5.20. The highest BCUT2D eigenvalue weighted by Gasteiger charge is 2.38. The lowest BCUT2D eigenvalue weighted by Gasteiger charge is -2.26. The van der Waals surface area contributed by atoms with Crippen molar-refractivity contribution in [3.63, 3.8) is 0 Å². The Hall–Kier alpha value is -2.57. The summed E-state index contributed by atoms with van der Waals surface area (Å²) in [6.45, 7) is 3.16. The Morgan fingerprint density at radius 2 is 2.04 bits per heavy atom. The molecule has 1 aromatic carbocycles. The van der Waals surface area contributed by atoms with Gasteiger partial charge >= 0.3 is 12.0 Å². The standard InChI is InChI=1S/C16H21N3O4/c1-10-4-3-5-12(8-10)18-16(23)17-9-14(20)19(13-6-7-13)11(2)15(21)22/h3-5,8,11,13H,6-7,9H2,1-2H3,(H,21,22)(H2,17,18,23). The van der Waals surface area contributed by atoms with Gasteiger partial charge in [0, 0.05) is 11.7 Å². The molecular weight excluding hydrogens is 298 g/mol. The minimum Gasteiger partial charge on any atom is -0.480 e. The maximum Gasteiger partial charge on any atom is 0.326 e. The number of hydrogen-bond acceptors (Lipinski definition) is 3. The molecule has 2 rings (SSSR count).